The van der Waals surface area contributed by atoms with E-state index in [-0.39, 0.29) is 31.2 Å². The fourth-order valence-electron chi connectivity index (χ4n) is 4.26. The SMILES string of the molecule is CC(C)(C)OCC(NS(=O)(=O)Cc1ccccc1)C(=O)NC(Cc1cccc(CN)c1)C(=O)NCc1ccc(C(=N)N)cc1. The molecule has 0 bridgehead atoms. The fraction of sp³-hybridized carbons (Fsp3) is 0.344. The van der Waals surface area contributed by atoms with Crippen LogP contribution in [0.5, 0.6) is 0 Å². The highest BCUT2D eigenvalue weighted by molar-refractivity contribution is 7.88. The minimum absolute atomic E-state index is 0.0625. The van der Waals surface area contributed by atoms with Crippen molar-refractivity contribution in [2.75, 3.05) is 6.61 Å². The van der Waals surface area contributed by atoms with Gasteiger partial charge in [-0.1, -0.05) is 78.9 Å². The molecule has 0 spiro atoms. The van der Waals surface area contributed by atoms with Crippen LogP contribution in [0.1, 0.15) is 48.6 Å². The number of nitrogens with two attached hydrogens (primary N) is 2. The molecule has 0 saturated carbocycles. The van der Waals surface area contributed by atoms with Crippen LogP contribution in [0.25, 0.3) is 0 Å². The number of sulfonamides is 1. The zero-order valence-corrected chi connectivity index (χ0v) is 26.1. The van der Waals surface area contributed by atoms with Crippen molar-refractivity contribution in [3.63, 3.8) is 0 Å². The van der Waals surface area contributed by atoms with Crippen LogP contribution in [0.3, 0.4) is 0 Å². The molecule has 0 saturated heterocycles. The molecule has 0 aliphatic heterocycles. The molecule has 11 nitrogen and oxygen atoms in total. The van der Waals surface area contributed by atoms with Gasteiger partial charge in [0, 0.05) is 25.1 Å². The van der Waals surface area contributed by atoms with Crippen LogP contribution < -0.4 is 26.8 Å². The van der Waals surface area contributed by atoms with Crippen LogP contribution in [0.4, 0.5) is 0 Å². The summed E-state index contributed by atoms with van der Waals surface area (Å²) in [5, 5.41) is 13.1. The molecule has 2 amide bonds. The summed E-state index contributed by atoms with van der Waals surface area (Å²) in [5.74, 6) is -1.56. The Balaban J connectivity index is 1.82. The third-order valence-corrected chi connectivity index (χ3v) is 7.91. The van der Waals surface area contributed by atoms with E-state index in [2.05, 4.69) is 15.4 Å². The molecular weight excluding hydrogens is 580 g/mol. The average Bonchev–Trinajstić information content (AvgIpc) is 2.97. The molecule has 3 rings (SSSR count). The third-order valence-electron chi connectivity index (χ3n) is 6.55. The number of amides is 2. The zero-order valence-electron chi connectivity index (χ0n) is 25.3. The molecule has 236 valence electrons. The van der Waals surface area contributed by atoms with E-state index in [1.54, 1.807) is 75.4 Å². The van der Waals surface area contributed by atoms with Crippen LogP contribution in [-0.2, 0) is 49.6 Å². The Morgan fingerprint density at radius 2 is 1.50 bits per heavy atom. The lowest BCUT2D eigenvalue weighted by Gasteiger charge is -2.26. The van der Waals surface area contributed by atoms with Gasteiger partial charge >= 0.3 is 0 Å². The van der Waals surface area contributed by atoms with E-state index in [9.17, 15) is 18.0 Å². The Hall–Kier alpha value is -4.10. The van der Waals surface area contributed by atoms with Gasteiger partial charge in [-0.15, -0.1) is 0 Å². The molecule has 0 aliphatic rings. The third kappa shape index (κ3) is 11.5. The number of hydrogen-bond acceptors (Lipinski definition) is 7. The second-order valence-electron chi connectivity index (χ2n) is 11.5. The van der Waals surface area contributed by atoms with Gasteiger partial charge in [0.25, 0.3) is 0 Å². The van der Waals surface area contributed by atoms with Gasteiger partial charge in [-0.25, -0.2) is 13.1 Å². The topological polar surface area (TPSA) is 189 Å². The van der Waals surface area contributed by atoms with Crippen LogP contribution in [0, 0.1) is 5.41 Å². The number of nitrogens with one attached hydrogen (secondary N) is 4. The van der Waals surface area contributed by atoms with Crippen molar-refractivity contribution in [2.24, 2.45) is 11.5 Å². The lowest BCUT2D eigenvalue weighted by Crippen LogP contribution is -2.56. The van der Waals surface area contributed by atoms with Crippen molar-refractivity contribution >= 4 is 27.7 Å². The normalized spacial score (nSPS) is 13.1. The summed E-state index contributed by atoms with van der Waals surface area (Å²) >= 11 is 0. The standard InChI is InChI=1S/C32H42N6O5S/c1-32(2,3)43-20-28(38-44(41,42)21-23-8-5-4-6-9-23)31(40)37-27(17-24-10-7-11-25(16-24)18-33)30(39)36-19-22-12-14-26(15-13-22)29(34)35/h4-16,27-28,38H,17-21,33H2,1-3H3,(H3,34,35)(H,36,39)(H,37,40). The van der Waals surface area contributed by atoms with Crippen molar-refractivity contribution in [3.05, 3.63) is 107 Å². The van der Waals surface area contributed by atoms with E-state index in [0.29, 0.717) is 17.7 Å². The highest BCUT2D eigenvalue weighted by atomic mass is 32.2. The summed E-state index contributed by atoms with van der Waals surface area (Å²) in [7, 11) is -3.96. The molecule has 0 fully saturated rings. The predicted molar refractivity (Wildman–Crippen MR) is 171 cm³/mol. The minimum Gasteiger partial charge on any atom is -0.384 e. The molecule has 3 aromatic carbocycles. The maximum absolute atomic E-state index is 13.6. The molecule has 0 aromatic heterocycles. The molecule has 2 unspecified atom stereocenters. The second-order valence-corrected chi connectivity index (χ2v) is 13.2. The summed E-state index contributed by atoms with van der Waals surface area (Å²) in [4.78, 5) is 27.1. The van der Waals surface area contributed by atoms with Crippen molar-refractivity contribution < 1.29 is 22.7 Å². The van der Waals surface area contributed by atoms with Crippen LogP contribution in [0.15, 0.2) is 78.9 Å². The zero-order chi connectivity index (χ0) is 32.3. The monoisotopic (exact) mass is 622 g/mol. The first-order valence-corrected chi connectivity index (χ1v) is 15.9. The van der Waals surface area contributed by atoms with E-state index in [4.69, 9.17) is 21.6 Å². The molecule has 0 radical (unpaired) electrons. The first kappa shape index (κ1) is 34.4. The number of ether oxygens (including phenoxy) is 1. The largest absolute Gasteiger partial charge is 0.384 e. The van der Waals surface area contributed by atoms with Crippen LogP contribution >= 0.6 is 0 Å². The summed E-state index contributed by atoms with van der Waals surface area (Å²) in [6.45, 7) is 5.61. The van der Waals surface area contributed by atoms with Crippen molar-refractivity contribution in [3.8, 4) is 0 Å². The average molecular weight is 623 g/mol. The predicted octanol–water partition coefficient (Wildman–Crippen LogP) is 2.08. The highest BCUT2D eigenvalue weighted by Crippen LogP contribution is 2.12. The van der Waals surface area contributed by atoms with Gasteiger partial charge in [0.1, 0.15) is 17.9 Å². The summed E-state index contributed by atoms with van der Waals surface area (Å²) in [6, 6.07) is 20.5. The van der Waals surface area contributed by atoms with Crippen LogP contribution in [0.2, 0.25) is 0 Å². The van der Waals surface area contributed by atoms with Crippen molar-refractivity contribution in [1.82, 2.24) is 15.4 Å². The maximum atomic E-state index is 13.6. The van der Waals surface area contributed by atoms with Gasteiger partial charge in [0.2, 0.25) is 21.8 Å². The van der Waals surface area contributed by atoms with Gasteiger partial charge in [0.15, 0.2) is 0 Å². The molecule has 0 aliphatic carbocycles. The molecule has 3 aromatic rings. The van der Waals surface area contributed by atoms with E-state index >= 15 is 0 Å². The van der Waals surface area contributed by atoms with Gasteiger partial charge in [-0.2, -0.15) is 0 Å². The van der Waals surface area contributed by atoms with Gasteiger partial charge in [-0.3, -0.25) is 15.0 Å². The molecule has 12 heteroatoms. The Bertz CT molecular complexity index is 1520. The van der Waals surface area contributed by atoms with Gasteiger partial charge in [-0.05, 0) is 43.0 Å². The Kier molecular flexibility index (Phi) is 12.2. The Morgan fingerprint density at radius 3 is 2.11 bits per heavy atom. The number of carbonyl (C=O) groups excluding carboxylic acids is 2. The van der Waals surface area contributed by atoms with Gasteiger partial charge < -0.3 is 26.8 Å². The lowest BCUT2D eigenvalue weighted by atomic mass is 10.0. The molecule has 8 N–H and O–H groups in total. The smallest absolute Gasteiger partial charge is 0.243 e. The number of amidine groups is 1. The lowest BCUT2D eigenvalue weighted by molar-refractivity contribution is -0.131. The Labute approximate surface area is 259 Å². The Morgan fingerprint density at radius 1 is 0.864 bits per heavy atom. The quantitative estimate of drug-likeness (QED) is 0.110. The van der Waals surface area contributed by atoms with E-state index in [1.165, 1.54) is 0 Å². The first-order chi connectivity index (χ1) is 20.7. The second kappa shape index (κ2) is 15.6. The summed E-state index contributed by atoms with van der Waals surface area (Å²) in [6.07, 6.45) is 0.137. The van der Waals surface area contributed by atoms with E-state index in [0.717, 1.165) is 16.7 Å². The molecule has 2 atom stereocenters. The van der Waals surface area contributed by atoms with E-state index < -0.39 is 39.5 Å². The number of carbonyl (C=O) groups is 2. The maximum Gasteiger partial charge on any atom is 0.243 e. The number of rotatable bonds is 15. The molecule has 44 heavy (non-hydrogen) atoms. The van der Waals surface area contributed by atoms with Crippen LogP contribution in [-0.4, -0.2) is 50.4 Å². The highest BCUT2D eigenvalue weighted by Gasteiger charge is 2.30. The molecule has 0 heterocycles. The number of nitrogen functional groups attached to an aromatic ring is 1. The minimum atomic E-state index is -3.96. The number of benzene rings is 3. The van der Waals surface area contributed by atoms with Crippen molar-refractivity contribution in [2.45, 2.75) is 63.7 Å². The summed E-state index contributed by atoms with van der Waals surface area (Å²) < 4.78 is 34.5. The molecular formula is C32H42N6O5S. The number of hydrogen-bond donors (Lipinski definition) is 6. The fourth-order valence-corrected chi connectivity index (χ4v) is 5.59. The van der Waals surface area contributed by atoms with Gasteiger partial charge in [0.05, 0.1) is 18.0 Å². The van der Waals surface area contributed by atoms with Crippen molar-refractivity contribution in [1.29, 1.82) is 5.41 Å². The first-order valence-electron chi connectivity index (χ1n) is 14.2. The summed E-state index contributed by atoms with van der Waals surface area (Å²) in [5.41, 5.74) is 14.2. The van der Waals surface area contributed by atoms with E-state index in [1.807, 2.05) is 24.3 Å².